The van der Waals surface area contributed by atoms with Crippen LogP contribution < -0.4 is 0 Å². The predicted octanol–water partition coefficient (Wildman–Crippen LogP) is 2.98. The van der Waals surface area contributed by atoms with Crippen LogP contribution in [-0.4, -0.2) is 34.1 Å². The van der Waals surface area contributed by atoms with Crippen molar-refractivity contribution >= 4 is 5.91 Å². The van der Waals surface area contributed by atoms with E-state index in [0.717, 1.165) is 42.9 Å². The first-order chi connectivity index (χ1) is 10.6. The van der Waals surface area contributed by atoms with Crippen LogP contribution in [-0.2, 0) is 11.2 Å². The SMILES string of the molecule is Cc1n[nH]c(C)c1CC(=O)N1CCC[C@H](c2ccccc2)C1. The zero-order chi connectivity index (χ0) is 15.5. The second-order valence-electron chi connectivity index (χ2n) is 6.18. The average Bonchev–Trinajstić information content (AvgIpc) is 2.88. The zero-order valence-electron chi connectivity index (χ0n) is 13.3. The van der Waals surface area contributed by atoms with Gasteiger partial charge in [-0.15, -0.1) is 0 Å². The van der Waals surface area contributed by atoms with E-state index >= 15 is 0 Å². The van der Waals surface area contributed by atoms with E-state index in [1.807, 2.05) is 24.8 Å². The highest BCUT2D eigenvalue weighted by molar-refractivity contribution is 5.79. The summed E-state index contributed by atoms with van der Waals surface area (Å²) >= 11 is 0. The number of amides is 1. The second-order valence-corrected chi connectivity index (χ2v) is 6.18. The summed E-state index contributed by atoms with van der Waals surface area (Å²) in [6, 6.07) is 10.5. The van der Waals surface area contributed by atoms with Crippen molar-refractivity contribution in [2.75, 3.05) is 13.1 Å². The number of aromatic nitrogens is 2. The van der Waals surface area contributed by atoms with Gasteiger partial charge in [0.25, 0.3) is 0 Å². The third kappa shape index (κ3) is 3.06. The van der Waals surface area contributed by atoms with Gasteiger partial charge in [0.2, 0.25) is 5.91 Å². The number of nitrogens with one attached hydrogen (secondary N) is 1. The van der Waals surface area contributed by atoms with Crippen molar-refractivity contribution in [2.45, 2.75) is 39.0 Å². The van der Waals surface area contributed by atoms with E-state index in [1.165, 1.54) is 5.56 Å². The predicted molar refractivity (Wildman–Crippen MR) is 86.8 cm³/mol. The van der Waals surface area contributed by atoms with Crippen molar-refractivity contribution < 1.29 is 4.79 Å². The third-order valence-corrected chi connectivity index (χ3v) is 4.65. The van der Waals surface area contributed by atoms with Crippen LogP contribution >= 0.6 is 0 Å². The zero-order valence-corrected chi connectivity index (χ0v) is 13.3. The van der Waals surface area contributed by atoms with E-state index in [-0.39, 0.29) is 5.91 Å². The molecular weight excluding hydrogens is 274 g/mol. The highest BCUT2D eigenvalue weighted by Gasteiger charge is 2.25. The monoisotopic (exact) mass is 297 g/mol. The molecule has 116 valence electrons. The van der Waals surface area contributed by atoms with E-state index in [0.29, 0.717) is 12.3 Å². The molecule has 1 atom stereocenters. The Morgan fingerprint density at radius 3 is 2.77 bits per heavy atom. The largest absolute Gasteiger partial charge is 0.342 e. The van der Waals surface area contributed by atoms with Gasteiger partial charge >= 0.3 is 0 Å². The number of hydrogen-bond donors (Lipinski definition) is 1. The van der Waals surface area contributed by atoms with Gasteiger partial charge in [-0.3, -0.25) is 9.89 Å². The van der Waals surface area contributed by atoms with Gasteiger partial charge in [0, 0.05) is 30.3 Å². The second kappa shape index (κ2) is 6.34. The van der Waals surface area contributed by atoms with Crippen LogP contribution in [0.4, 0.5) is 0 Å². The van der Waals surface area contributed by atoms with Crippen molar-refractivity contribution in [3.63, 3.8) is 0 Å². The Labute approximate surface area is 131 Å². The van der Waals surface area contributed by atoms with Gasteiger partial charge in [-0.05, 0) is 32.3 Å². The molecule has 1 fully saturated rings. The van der Waals surface area contributed by atoms with Crippen LogP contribution in [0.25, 0.3) is 0 Å². The van der Waals surface area contributed by atoms with Gasteiger partial charge in [-0.2, -0.15) is 5.10 Å². The maximum Gasteiger partial charge on any atom is 0.227 e. The molecule has 0 saturated carbocycles. The smallest absolute Gasteiger partial charge is 0.227 e. The molecular formula is C18H23N3O. The van der Waals surface area contributed by atoms with Gasteiger partial charge < -0.3 is 4.90 Å². The molecule has 4 nitrogen and oxygen atoms in total. The first-order valence-corrected chi connectivity index (χ1v) is 7.98. The molecule has 0 spiro atoms. The van der Waals surface area contributed by atoms with E-state index in [4.69, 9.17) is 0 Å². The normalized spacial score (nSPS) is 18.5. The van der Waals surface area contributed by atoms with Crippen LogP contribution in [0.1, 0.15) is 41.3 Å². The minimum atomic E-state index is 0.216. The number of benzene rings is 1. The van der Waals surface area contributed by atoms with E-state index in [9.17, 15) is 4.79 Å². The highest BCUT2D eigenvalue weighted by atomic mass is 16.2. The third-order valence-electron chi connectivity index (χ3n) is 4.65. The van der Waals surface area contributed by atoms with Crippen molar-refractivity contribution in [3.05, 3.63) is 52.8 Å². The molecule has 4 heteroatoms. The Bertz CT molecular complexity index is 628. The molecule has 0 aliphatic carbocycles. The lowest BCUT2D eigenvalue weighted by Crippen LogP contribution is -2.40. The fourth-order valence-electron chi connectivity index (χ4n) is 3.30. The number of nitrogens with zero attached hydrogens (tertiary/aromatic N) is 2. The van der Waals surface area contributed by atoms with Gasteiger partial charge in [-0.25, -0.2) is 0 Å². The van der Waals surface area contributed by atoms with E-state index in [1.54, 1.807) is 0 Å². The standard InChI is InChI=1S/C18H23N3O/c1-13-17(14(2)20-19-13)11-18(22)21-10-6-9-16(12-21)15-7-4-3-5-8-15/h3-5,7-8,16H,6,9-12H2,1-2H3,(H,19,20)/t16-/m0/s1. The summed E-state index contributed by atoms with van der Waals surface area (Å²) < 4.78 is 0. The Kier molecular flexibility index (Phi) is 4.27. The lowest BCUT2D eigenvalue weighted by Gasteiger charge is -2.33. The number of rotatable bonds is 3. The maximum absolute atomic E-state index is 12.6. The Hall–Kier alpha value is -2.10. The molecule has 1 aromatic carbocycles. The first-order valence-electron chi connectivity index (χ1n) is 7.98. The molecule has 1 aliphatic rings. The van der Waals surface area contributed by atoms with E-state index in [2.05, 4.69) is 34.5 Å². The van der Waals surface area contributed by atoms with Crippen LogP contribution in [0.5, 0.6) is 0 Å². The molecule has 1 aliphatic heterocycles. The fourth-order valence-corrected chi connectivity index (χ4v) is 3.30. The summed E-state index contributed by atoms with van der Waals surface area (Å²) in [6.45, 7) is 5.64. The molecule has 3 rings (SSSR count). The summed E-state index contributed by atoms with van der Waals surface area (Å²) in [5.74, 6) is 0.679. The number of aryl methyl sites for hydroxylation is 2. The topological polar surface area (TPSA) is 49.0 Å². The molecule has 22 heavy (non-hydrogen) atoms. The molecule has 0 unspecified atom stereocenters. The van der Waals surface area contributed by atoms with Gasteiger partial charge in [0.15, 0.2) is 0 Å². The molecule has 1 amide bonds. The molecule has 2 aromatic rings. The average molecular weight is 297 g/mol. The first kappa shape index (κ1) is 14.8. The Morgan fingerprint density at radius 1 is 1.32 bits per heavy atom. The van der Waals surface area contributed by atoms with Crippen LogP contribution in [0.15, 0.2) is 30.3 Å². The van der Waals surface area contributed by atoms with Crippen LogP contribution in [0.2, 0.25) is 0 Å². The Morgan fingerprint density at radius 2 is 2.09 bits per heavy atom. The quantitative estimate of drug-likeness (QED) is 0.947. The number of carbonyl (C=O) groups is 1. The number of likely N-dealkylation sites (tertiary alicyclic amines) is 1. The lowest BCUT2D eigenvalue weighted by atomic mass is 9.90. The summed E-state index contributed by atoms with van der Waals surface area (Å²) in [5, 5.41) is 7.14. The van der Waals surface area contributed by atoms with Crippen molar-refractivity contribution in [1.29, 1.82) is 0 Å². The summed E-state index contributed by atoms with van der Waals surface area (Å²) in [4.78, 5) is 14.7. The van der Waals surface area contributed by atoms with Gasteiger partial charge in [0.1, 0.15) is 0 Å². The number of H-pyrrole nitrogens is 1. The minimum absolute atomic E-state index is 0.216. The lowest BCUT2D eigenvalue weighted by molar-refractivity contribution is -0.131. The molecule has 0 bridgehead atoms. The maximum atomic E-state index is 12.6. The van der Waals surface area contributed by atoms with Crippen LogP contribution in [0, 0.1) is 13.8 Å². The molecule has 1 N–H and O–H groups in total. The van der Waals surface area contributed by atoms with Gasteiger partial charge in [0.05, 0.1) is 12.1 Å². The molecule has 0 radical (unpaired) electrons. The highest BCUT2D eigenvalue weighted by Crippen LogP contribution is 2.27. The minimum Gasteiger partial charge on any atom is -0.342 e. The molecule has 1 aromatic heterocycles. The molecule has 2 heterocycles. The van der Waals surface area contributed by atoms with Crippen molar-refractivity contribution in [2.24, 2.45) is 0 Å². The van der Waals surface area contributed by atoms with Crippen molar-refractivity contribution in [1.82, 2.24) is 15.1 Å². The number of carbonyl (C=O) groups excluding carboxylic acids is 1. The molecule has 1 saturated heterocycles. The Balaban J connectivity index is 1.68. The van der Waals surface area contributed by atoms with E-state index < -0.39 is 0 Å². The fraction of sp³-hybridized carbons (Fsp3) is 0.444. The van der Waals surface area contributed by atoms with Gasteiger partial charge in [-0.1, -0.05) is 30.3 Å². The summed E-state index contributed by atoms with van der Waals surface area (Å²) in [6.07, 6.45) is 2.70. The van der Waals surface area contributed by atoms with Crippen LogP contribution in [0.3, 0.4) is 0 Å². The number of aromatic amines is 1. The number of piperidine rings is 1. The van der Waals surface area contributed by atoms with Crippen molar-refractivity contribution in [3.8, 4) is 0 Å². The summed E-state index contributed by atoms with van der Waals surface area (Å²) in [7, 11) is 0. The summed E-state index contributed by atoms with van der Waals surface area (Å²) in [5.41, 5.74) is 4.33. The number of hydrogen-bond acceptors (Lipinski definition) is 2.